The molecule has 0 spiro atoms. The van der Waals surface area contributed by atoms with Crippen LogP contribution in [-0.4, -0.2) is 35.2 Å². The predicted molar refractivity (Wildman–Crippen MR) is 125 cm³/mol. The van der Waals surface area contributed by atoms with E-state index in [4.69, 9.17) is 4.74 Å². The Kier molecular flexibility index (Phi) is 8.95. The number of ether oxygens (including phenoxy) is 1. The molecule has 0 unspecified atom stereocenters. The summed E-state index contributed by atoms with van der Waals surface area (Å²) in [5, 5.41) is 12.2. The van der Waals surface area contributed by atoms with Gasteiger partial charge in [-0.1, -0.05) is 83.4 Å². The Hall–Kier alpha value is -2.62. The number of allylic oxidation sites excluding steroid dienone is 1. The largest absolute Gasteiger partial charge is 0.496 e. The van der Waals surface area contributed by atoms with Crippen molar-refractivity contribution < 1.29 is 9.53 Å². The number of methoxy groups -OCH3 is 1. The van der Waals surface area contributed by atoms with Crippen LogP contribution < -0.4 is 10.2 Å². The van der Waals surface area contributed by atoms with Crippen LogP contribution in [0.1, 0.15) is 11.1 Å². The number of amides is 1. The van der Waals surface area contributed by atoms with Crippen LogP contribution in [-0.2, 0) is 10.5 Å². The van der Waals surface area contributed by atoms with Gasteiger partial charge in [-0.25, -0.2) is 5.43 Å². The molecular weight excluding hydrogens is 436 g/mol. The van der Waals surface area contributed by atoms with Crippen LogP contribution in [0.5, 0.6) is 5.75 Å². The highest BCUT2D eigenvalue weighted by Gasteiger charge is 2.08. The predicted octanol–water partition coefficient (Wildman–Crippen LogP) is 4.75. The highest BCUT2D eigenvalue weighted by molar-refractivity contribution is 8.03. The first-order chi connectivity index (χ1) is 14.7. The topological polar surface area (TPSA) is 76.5 Å². The van der Waals surface area contributed by atoms with E-state index in [2.05, 4.69) is 32.9 Å². The fraction of sp³-hybridized carbons (Fsp3) is 0.143. The van der Waals surface area contributed by atoms with Crippen molar-refractivity contribution in [2.75, 3.05) is 12.9 Å². The molecule has 9 heteroatoms. The SMILES string of the molecule is COc1ccccc1/C=C/C=N\NC(=O)CSc1nnc(SCc2ccccc2)s1. The summed E-state index contributed by atoms with van der Waals surface area (Å²) in [6.07, 6.45) is 5.13. The molecule has 30 heavy (non-hydrogen) atoms. The third-order valence-electron chi connectivity index (χ3n) is 3.68. The molecule has 0 fully saturated rings. The molecule has 6 nitrogen and oxygen atoms in total. The molecule has 0 saturated heterocycles. The van der Waals surface area contributed by atoms with Crippen LogP contribution in [0.3, 0.4) is 0 Å². The lowest BCUT2D eigenvalue weighted by atomic mass is 10.2. The third-order valence-corrected chi connectivity index (χ3v) is 6.95. The quantitative estimate of drug-likeness (QED) is 0.270. The Bertz CT molecular complexity index is 1010. The Morgan fingerprint density at radius 2 is 1.83 bits per heavy atom. The molecule has 2 aromatic carbocycles. The van der Waals surface area contributed by atoms with Crippen LogP contribution in [0, 0.1) is 0 Å². The summed E-state index contributed by atoms with van der Waals surface area (Å²) in [6.45, 7) is 0. The van der Waals surface area contributed by atoms with E-state index in [1.165, 1.54) is 34.9 Å². The van der Waals surface area contributed by atoms with Crippen molar-refractivity contribution in [2.45, 2.75) is 14.4 Å². The fourth-order valence-corrected chi connectivity index (χ4v) is 5.06. The zero-order chi connectivity index (χ0) is 21.0. The minimum atomic E-state index is -0.198. The van der Waals surface area contributed by atoms with Crippen molar-refractivity contribution in [3.8, 4) is 5.75 Å². The molecule has 0 bridgehead atoms. The van der Waals surface area contributed by atoms with Crippen molar-refractivity contribution >= 4 is 53.1 Å². The Morgan fingerprint density at radius 3 is 2.63 bits per heavy atom. The smallest absolute Gasteiger partial charge is 0.250 e. The first-order valence-corrected chi connectivity index (χ1v) is 11.8. The lowest BCUT2D eigenvalue weighted by molar-refractivity contribution is -0.118. The molecule has 3 rings (SSSR count). The second kappa shape index (κ2) is 12.2. The molecule has 0 saturated carbocycles. The van der Waals surface area contributed by atoms with Crippen LogP contribution in [0.4, 0.5) is 0 Å². The fourth-order valence-electron chi connectivity index (χ4n) is 2.30. The number of para-hydroxylation sites is 1. The van der Waals surface area contributed by atoms with Gasteiger partial charge in [0.15, 0.2) is 8.68 Å². The number of hydrogen-bond donors (Lipinski definition) is 1. The van der Waals surface area contributed by atoms with E-state index in [0.717, 1.165) is 25.7 Å². The van der Waals surface area contributed by atoms with Crippen LogP contribution in [0.15, 0.2) is 74.5 Å². The van der Waals surface area contributed by atoms with E-state index in [1.54, 1.807) is 24.9 Å². The monoisotopic (exact) mass is 456 g/mol. The maximum atomic E-state index is 11.9. The normalized spacial score (nSPS) is 11.2. The van der Waals surface area contributed by atoms with E-state index >= 15 is 0 Å². The molecule has 0 aliphatic rings. The second-order valence-electron chi connectivity index (χ2n) is 5.81. The van der Waals surface area contributed by atoms with E-state index in [1.807, 2.05) is 48.5 Å². The second-order valence-corrected chi connectivity index (χ2v) is 9.23. The Morgan fingerprint density at radius 1 is 1.10 bits per heavy atom. The number of nitrogens with one attached hydrogen (secondary N) is 1. The number of nitrogens with zero attached hydrogens (tertiary/aromatic N) is 3. The van der Waals surface area contributed by atoms with Gasteiger partial charge in [-0.3, -0.25) is 4.79 Å². The van der Waals surface area contributed by atoms with E-state index in [0.29, 0.717) is 0 Å². The standard InChI is InChI=1S/C21H20N4O2S3/c1-27-18-12-6-5-10-17(18)11-7-13-22-23-19(26)15-29-21-25-24-20(30-21)28-14-16-8-3-2-4-9-16/h2-13H,14-15H2,1H3,(H,23,26)/b11-7+,22-13-. The molecule has 0 aliphatic heterocycles. The van der Waals surface area contributed by atoms with Crippen LogP contribution in [0.25, 0.3) is 6.08 Å². The number of carbonyl (C=O) groups is 1. The summed E-state index contributed by atoms with van der Waals surface area (Å²) < 4.78 is 6.93. The average Bonchev–Trinajstić information content (AvgIpc) is 3.25. The lowest BCUT2D eigenvalue weighted by Crippen LogP contribution is -2.19. The number of carbonyl (C=O) groups excluding carboxylic acids is 1. The van der Waals surface area contributed by atoms with Crippen LogP contribution in [0.2, 0.25) is 0 Å². The van der Waals surface area contributed by atoms with Crippen molar-refractivity contribution in [3.05, 3.63) is 71.8 Å². The summed E-state index contributed by atoms with van der Waals surface area (Å²) in [5.74, 6) is 1.65. The zero-order valence-corrected chi connectivity index (χ0v) is 18.7. The molecular formula is C21H20N4O2S3. The van der Waals surface area contributed by atoms with Crippen LogP contribution >= 0.6 is 34.9 Å². The molecule has 1 heterocycles. The number of hydrazone groups is 1. The number of thioether (sulfide) groups is 2. The summed E-state index contributed by atoms with van der Waals surface area (Å²) in [4.78, 5) is 11.9. The summed E-state index contributed by atoms with van der Waals surface area (Å²) in [7, 11) is 1.63. The van der Waals surface area contributed by atoms with Gasteiger partial charge in [-0.15, -0.1) is 10.2 Å². The molecule has 1 N–H and O–H groups in total. The van der Waals surface area contributed by atoms with Gasteiger partial charge in [0, 0.05) is 17.5 Å². The summed E-state index contributed by atoms with van der Waals surface area (Å²) in [5.41, 5.74) is 4.68. The van der Waals surface area contributed by atoms with Gasteiger partial charge in [0.25, 0.3) is 5.91 Å². The van der Waals surface area contributed by atoms with Gasteiger partial charge >= 0.3 is 0 Å². The van der Waals surface area contributed by atoms with Gasteiger partial charge in [0.05, 0.1) is 12.9 Å². The van der Waals surface area contributed by atoms with Crippen molar-refractivity contribution in [2.24, 2.45) is 5.10 Å². The Labute approximate surface area is 187 Å². The van der Waals surface area contributed by atoms with Gasteiger partial charge in [0.2, 0.25) is 0 Å². The third kappa shape index (κ3) is 7.33. The number of hydrogen-bond acceptors (Lipinski definition) is 8. The van der Waals surface area contributed by atoms with Crippen molar-refractivity contribution in [1.29, 1.82) is 0 Å². The van der Waals surface area contributed by atoms with Crippen molar-refractivity contribution in [3.63, 3.8) is 0 Å². The van der Waals surface area contributed by atoms with Gasteiger partial charge in [-0.2, -0.15) is 5.10 Å². The van der Waals surface area contributed by atoms with Gasteiger partial charge in [0.1, 0.15) is 5.75 Å². The minimum absolute atomic E-state index is 0.198. The molecule has 0 atom stereocenters. The summed E-state index contributed by atoms with van der Waals surface area (Å²) in [6, 6.07) is 17.9. The number of benzene rings is 2. The molecule has 154 valence electrons. The minimum Gasteiger partial charge on any atom is -0.496 e. The number of rotatable bonds is 10. The molecule has 1 aromatic heterocycles. The first kappa shape index (κ1) is 22.1. The highest BCUT2D eigenvalue weighted by atomic mass is 32.2. The molecule has 1 amide bonds. The maximum absolute atomic E-state index is 11.9. The number of aromatic nitrogens is 2. The molecule has 3 aromatic rings. The summed E-state index contributed by atoms with van der Waals surface area (Å²) >= 11 is 4.48. The van der Waals surface area contributed by atoms with Gasteiger partial charge in [-0.05, 0) is 23.8 Å². The Balaban J connectivity index is 1.38. The zero-order valence-electron chi connectivity index (χ0n) is 16.2. The van der Waals surface area contributed by atoms with Gasteiger partial charge < -0.3 is 4.74 Å². The molecule has 0 radical (unpaired) electrons. The maximum Gasteiger partial charge on any atom is 0.250 e. The average molecular weight is 457 g/mol. The lowest BCUT2D eigenvalue weighted by Gasteiger charge is -2.02. The first-order valence-electron chi connectivity index (χ1n) is 8.99. The van der Waals surface area contributed by atoms with E-state index < -0.39 is 0 Å². The van der Waals surface area contributed by atoms with Crippen molar-refractivity contribution in [1.82, 2.24) is 15.6 Å². The van der Waals surface area contributed by atoms with E-state index in [-0.39, 0.29) is 11.7 Å². The highest BCUT2D eigenvalue weighted by Crippen LogP contribution is 2.30. The van der Waals surface area contributed by atoms with E-state index in [9.17, 15) is 4.79 Å². The molecule has 0 aliphatic carbocycles.